The van der Waals surface area contributed by atoms with E-state index in [0.29, 0.717) is 6.54 Å². The molecule has 0 aliphatic carbocycles. The van der Waals surface area contributed by atoms with E-state index in [1.165, 1.54) is 11.1 Å². The Kier molecular flexibility index (Phi) is 9.91. The Morgan fingerprint density at radius 3 is 2.24 bits per heavy atom. The molecule has 0 aromatic heterocycles. The number of nitrogens with one attached hydrogen (secondary N) is 2. The normalized spacial score (nSPS) is 16.3. The first-order chi connectivity index (χ1) is 14.0. The van der Waals surface area contributed by atoms with Crippen LogP contribution in [-0.2, 0) is 17.8 Å². The summed E-state index contributed by atoms with van der Waals surface area (Å²) in [5.74, 6) is 0.876. The molecule has 1 aliphatic heterocycles. The summed E-state index contributed by atoms with van der Waals surface area (Å²) in [6, 6.07) is 8.85. The molecule has 0 atom stereocenters. The minimum absolute atomic E-state index is 0.0616. The van der Waals surface area contributed by atoms with Crippen molar-refractivity contribution in [1.29, 1.82) is 0 Å². The number of hydrogen-bond donors (Lipinski definition) is 2. The van der Waals surface area contributed by atoms with Crippen molar-refractivity contribution >= 4 is 5.96 Å². The van der Waals surface area contributed by atoms with Gasteiger partial charge in [0.2, 0.25) is 0 Å². The van der Waals surface area contributed by atoms with Crippen LogP contribution in [0.3, 0.4) is 0 Å². The lowest BCUT2D eigenvalue weighted by molar-refractivity contribution is -0.00834. The predicted octanol–water partition coefficient (Wildman–Crippen LogP) is 2.69. The van der Waals surface area contributed by atoms with E-state index in [1.54, 1.807) is 0 Å². The molecule has 1 aromatic carbocycles. The van der Waals surface area contributed by atoms with Crippen molar-refractivity contribution in [3.05, 3.63) is 35.4 Å². The first kappa shape index (κ1) is 23.6. The number of benzene rings is 1. The third-order valence-electron chi connectivity index (χ3n) is 5.64. The average Bonchev–Trinajstić information content (AvgIpc) is 2.75. The van der Waals surface area contributed by atoms with E-state index in [2.05, 4.69) is 79.3 Å². The van der Waals surface area contributed by atoms with Gasteiger partial charge in [-0.05, 0) is 45.0 Å². The topological polar surface area (TPSA) is 52.1 Å². The lowest BCUT2D eigenvalue weighted by Gasteiger charge is -2.41. The molecule has 1 aromatic rings. The maximum absolute atomic E-state index is 5.49. The summed E-state index contributed by atoms with van der Waals surface area (Å²) in [6.07, 6.45) is 0. The molecule has 1 aliphatic rings. The van der Waals surface area contributed by atoms with Crippen LogP contribution in [0.2, 0.25) is 0 Å². The fourth-order valence-corrected chi connectivity index (χ4v) is 3.55. The lowest BCUT2D eigenvalue weighted by Crippen LogP contribution is -2.56. The monoisotopic (exact) mass is 403 g/mol. The van der Waals surface area contributed by atoms with E-state index in [9.17, 15) is 0 Å². The molecule has 0 unspecified atom stereocenters. The van der Waals surface area contributed by atoms with Crippen LogP contribution in [0.25, 0.3) is 0 Å². The molecule has 0 bridgehead atoms. The van der Waals surface area contributed by atoms with Crippen molar-refractivity contribution in [2.24, 2.45) is 4.99 Å². The van der Waals surface area contributed by atoms with Gasteiger partial charge in [-0.2, -0.15) is 0 Å². The van der Waals surface area contributed by atoms with Gasteiger partial charge in [0, 0.05) is 38.3 Å². The van der Waals surface area contributed by atoms with Crippen molar-refractivity contribution < 1.29 is 4.74 Å². The zero-order chi connectivity index (χ0) is 21.1. The minimum atomic E-state index is 0.0616. The van der Waals surface area contributed by atoms with E-state index in [4.69, 9.17) is 9.73 Å². The quantitative estimate of drug-likeness (QED) is 0.465. The van der Waals surface area contributed by atoms with Crippen LogP contribution in [0.15, 0.2) is 29.3 Å². The van der Waals surface area contributed by atoms with Crippen molar-refractivity contribution in [3.63, 3.8) is 0 Å². The number of hydrogen-bond acceptors (Lipinski definition) is 4. The Bertz CT molecular complexity index is 604. The van der Waals surface area contributed by atoms with Crippen molar-refractivity contribution in [3.8, 4) is 0 Å². The summed E-state index contributed by atoms with van der Waals surface area (Å²) in [6.45, 7) is 20.3. The van der Waals surface area contributed by atoms with Gasteiger partial charge < -0.3 is 15.4 Å². The summed E-state index contributed by atoms with van der Waals surface area (Å²) in [7, 11) is 0. The second-order valence-electron chi connectivity index (χ2n) is 8.24. The molecule has 0 amide bonds. The minimum Gasteiger partial charge on any atom is -0.379 e. The largest absolute Gasteiger partial charge is 0.379 e. The molecule has 2 N–H and O–H groups in total. The van der Waals surface area contributed by atoms with Gasteiger partial charge in [0.25, 0.3) is 0 Å². The number of nitrogens with zero attached hydrogens (tertiary/aromatic N) is 3. The Balaban J connectivity index is 1.90. The first-order valence-corrected chi connectivity index (χ1v) is 11.1. The summed E-state index contributed by atoms with van der Waals surface area (Å²) < 4.78 is 5.49. The van der Waals surface area contributed by atoms with Crippen molar-refractivity contribution in [1.82, 2.24) is 20.4 Å². The second kappa shape index (κ2) is 12.2. The molecule has 6 heteroatoms. The molecule has 1 fully saturated rings. The molecule has 6 nitrogen and oxygen atoms in total. The molecule has 29 heavy (non-hydrogen) atoms. The average molecular weight is 404 g/mol. The highest BCUT2D eigenvalue weighted by atomic mass is 16.5. The van der Waals surface area contributed by atoms with Gasteiger partial charge in [-0.3, -0.25) is 9.80 Å². The van der Waals surface area contributed by atoms with E-state index in [-0.39, 0.29) is 5.54 Å². The summed E-state index contributed by atoms with van der Waals surface area (Å²) in [5, 5.41) is 6.90. The Hall–Kier alpha value is -1.63. The standard InChI is InChI=1S/C23H41N5O/c1-6-24-22(26-19-23(4,5)28-13-15-29-16-14-28)25-17-20-9-11-21(12-10-20)18-27(7-2)8-3/h9-12H,6-8,13-19H2,1-5H3,(H2,24,25,26). The summed E-state index contributed by atoms with van der Waals surface area (Å²) in [5.41, 5.74) is 2.66. The van der Waals surface area contributed by atoms with Crippen LogP contribution in [0.4, 0.5) is 0 Å². The fraction of sp³-hybridized carbons (Fsp3) is 0.696. The van der Waals surface area contributed by atoms with Gasteiger partial charge in [0.05, 0.1) is 19.8 Å². The van der Waals surface area contributed by atoms with E-state index in [0.717, 1.165) is 65.0 Å². The summed E-state index contributed by atoms with van der Waals surface area (Å²) in [4.78, 5) is 9.71. The van der Waals surface area contributed by atoms with Crippen LogP contribution in [0.1, 0.15) is 45.7 Å². The SMILES string of the molecule is CCNC(=NCc1ccc(CN(CC)CC)cc1)NCC(C)(C)N1CCOCC1. The first-order valence-electron chi connectivity index (χ1n) is 11.1. The van der Waals surface area contributed by atoms with Crippen LogP contribution < -0.4 is 10.6 Å². The molecule has 1 heterocycles. The number of rotatable bonds is 10. The van der Waals surface area contributed by atoms with Crippen LogP contribution in [0, 0.1) is 0 Å². The van der Waals surface area contributed by atoms with E-state index >= 15 is 0 Å². The van der Waals surface area contributed by atoms with E-state index in [1.807, 2.05) is 0 Å². The van der Waals surface area contributed by atoms with Crippen LogP contribution >= 0.6 is 0 Å². The van der Waals surface area contributed by atoms with Gasteiger partial charge in [-0.25, -0.2) is 4.99 Å². The Morgan fingerprint density at radius 2 is 1.66 bits per heavy atom. The predicted molar refractivity (Wildman–Crippen MR) is 122 cm³/mol. The summed E-state index contributed by atoms with van der Waals surface area (Å²) >= 11 is 0. The number of guanidine groups is 1. The molecule has 1 saturated heterocycles. The maximum Gasteiger partial charge on any atom is 0.191 e. The molecule has 164 valence electrons. The third kappa shape index (κ3) is 7.96. The molecule has 0 radical (unpaired) electrons. The Morgan fingerprint density at radius 1 is 1.03 bits per heavy atom. The van der Waals surface area contributed by atoms with Gasteiger partial charge in [-0.15, -0.1) is 0 Å². The molecule has 0 spiro atoms. The number of ether oxygens (including phenoxy) is 1. The molecule has 2 rings (SSSR count). The highest BCUT2D eigenvalue weighted by Crippen LogP contribution is 2.15. The van der Waals surface area contributed by atoms with Crippen LogP contribution in [0.5, 0.6) is 0 Å². The van der Waals surface area contributed by atoms with Crippen molar-refractivity contribution in [2.45, 2.75) is 53.2 Å². The Labute approximate surface area is 177 Å². The lowest BCUT2D eigenvalue weighted by atomic mass is 10.0. The third-order valence-corrected chi connectivity index (χ3v) is 5.64. The molecule has 0 saturated carbocycles. The highest BCUT2D eigenvalue weighted by Gasteiger charge is 2.28. The van der Waals surface area contributed by atoms with Gasteiger partial charge in [-0.1, -0.05) is 38.1 Å². The van der Waals surface area contributed by atoms with Crippen molar-refractivity contribution in [2.75, 3.05) is 52.5 Å². The fourth-order valence-electron chi connectivity index (χ4n) is 3.55. The van der Waals surface area contributed by atoms with Gasteiger partial charge in [0.15, 0.2) is 5.96 Å². The van der Waals surface area contributed by atoms with E-state index < -0.39 is 0 Å². The number of aliphatic imine (C=N–C) groups is 1. The molecular weight excluding hydrogens is 362 g/mol. The zero-order valence-electron chi connectivity index (χ0n) is 19.1. The van der Waals surface area contributed by atoms with Gasteiger partial charge in [0.1, 0.15) is 0 Å². The second-order valence-corrected chi connectivity index (χ2v) is 8.24. The highest BCUT2D eigenvalue weighted by molar-refractivity contribution is 5.79. The smallest absolute Gasteiger partial charge is 0.191 e. The number of morpholine rings is 1. The van der Waals surface area contributed by atoms with Gasteiger partial charge >= 0.3 is 0 Å². The van der Waals surface area contributed by atoms with Crippen LogP contribution in [-0.4, -0.2) is 73.8 Å². The maximum atomic E-state index is 5.49. The zero-order valence-corrected chi connectivity index (χ0v) is 19.1. The molecular formula is C23H41N5O.